The van der Waals surface area contributed by atoms with Crippen LogP contribution in [0.1, 0.15) is 12.6 Å². The first kappa shape index (κ1) is 13.0. The van der Waals surface area contributed by atoms with E-state index >= 15 is 0 Å². The molecule has 0 aliphatic heterocycles. The van der Waals surface area contributed by atoms with Crippen molar-refractivity contribution in [3.63, 3.8) is 0 Å². The predicted octanol–water partition coefficient (Wildman–Crippen LogP) is 1.86. The second-order valence-electron chi connectivity index (χ2n) is 4.07. The van der Waals surface area contributed by atoms with Gasteiger partial charge in [0, 0.05) is 42.5 Å². The van der Waals surface area contributed by atoms with Crippen LogP contribution in [0.5, 0.6) is 0 Å². The molecule has 0 fully saturated rings. The van der Waals surface area contributed by atoms with E-state index in [0.29, 0.717) is 5.95 Å². The molecule has 2 heterocycles. The molecular weight excluding hydrogens is 238 g/mol. The lowest BCUT2D eigenvalue weighted by molar-refractivity contribution is 0.958. The van der Waals surface area contributed by atoms with Crippen molar-refractivity contribution in [1.82, 2.24) is 14.5 Å². The van der Waals surface area contributed by atoms with Crippen molar-refractivity contribution in [2.24, 2.45) is 4.99 Å². The molecule has 2 N–H and O–H groups in total. The zero-order valence-corrected chi connectivity index (χ0v) is 11.3. The van der Waals surface area contributed by atoms with Crippen molar-refractivity contribution < 1.29 is 0 Å². The molecule has 0 radical (unpaired) electrons. The number of anilines is 1. The van der Waals surface area contributed by atoms with Gasteiger partial charge in [-0.2, -0.15) is 0 Å². The Labute approximate surface area is 112 Å². The maximum absolute atomic E-state index is 5.89. The number of aromatic nitrogens is 3. The van der Waals surface area contributed by atoms with Crippen LogP contribution in [0.4, 0.5) is 5.95 Å². The van der Waals surface area contributed by atoms with Crippen LogP contribution in [0.2, 0.25) is 0 Å². The third-order valence-electron chi connectivity index (χ3n) is 2.85. The summed E-state index contributed by atoms with van der Waals surface area (Å²) in [6, 6.07) is 3.91. The molecule has 0 saturated carbocycles. The largest absolute Gasteiger partial charge is 0.369 e. The lowest BCUT2D eigenvalue weighted by Gasteiger charge is -2.10. The van der Waals surface area contributed by atoms with E-state index < -0.39 is 0 Å². The second kappa shape index (κ2) is 5.48. The van der Waals surface area contributed by atoms with E-state index in [2.05, 4.69) is 15.0 Å². The first-order valence-electron chi connectivity index (χ1n) is 6.03. The molecule has 0 amide bonds. The van der Waals surface area contributed by atoms with Crippen molar-refractivity contribution in [1.29, 1.82) is 0 Å². The second-order valence-corrected chi connectivity index (χ2v) is 4.07. The molecule has 0 unspecified atom stereocenters. The number of pyridine rings is 1. The molecule has 2 rings (SSSR count). The molecular formula is C14H17N5. The van der Waals surface area contributed by atoms with Gasteiger partial charge < -0.3 is 5.73 Å². The minimum atomic E-state index is 0.406. The molecule has 2 aromatic rings. The normalized spacial score (nSPS) is 12.3. The quantitative estimate of drug-likeness (QED) is 0.890. The summed E-state index contributed by atoms with van der Waals surface area (Å²) in [6.07, 6.45) is 7.25. The molecule has 0 spiro atoms. The fourth-order valence-electron chi connectivity index (χ4n) is 1.97. The number of hydrogen-bond acceptors (Lipinski definition) is 4. The average Bonchev–Trinajstić information content (AvgIpc) is 2.42. The van der Waals surface area contributed by atoms with Crippen molar-refractivity contribution in [3.8, 4) is 11.1 Å². The van der Waals surface area contributed by atoms with E-state index in [1.807, 2.05) is 38.3 Å². The Morgan fingerprint density at radius 3 is 2.74 bits per heavy atom. The van der Waals surface area contributed by atoms with E-state index in [9.17, 15) is 0 Å². The Morgan fingerprint density at radius 1 is 1.32 bits per heavy atom. The number of hydrogen-bond donors (Lipinski definition) is 1. The minimum Gasteiger partial charge on any atom is -0.369 e. The van der Waals surface area contributed by atoms with Crippen LogP contribution in [0.15, 0.2) is 35.6 Å². The number of nitrogen functional groups attached to an aromatic ring is 1. The lowest BCUT2D eigenvalue weighted by Crippen LogP contribution is -2.23. The van der Waals surface area contributed by atoms with Gasteiger partial charge >= 0.3 is 0 Å². The summed E-state index contributed by atoms with van der Waals surface area (Å²) in [6.45, 7) is 3.89. The number of nitrogens with zero attached hydrogens (tertiary/aromatic N) is 4. The average molecular weight is 255 g/mol. The monoisotopic (exact) mass is 255 g/mol. The first-order valence-corrected chi connectivity index (χ1v) is 6.03. The number of aryl methyl sites for hydroxylation is 1. The topological polar surface area (TPSA) is 69.1 Å². The van der Waals surface area contributed by atoms with Crippen LogP contribution >= 0.6 is 0 Å². The molecule has 0 aromatic carbocycles. The lowest BCUT2D eigenvalue weighted by atomic mass is 10.1. The van der Waals surface area contributed by atoms with Gasteiger partial charge in [0.25, 0.3) is 0 Å². The van der Waals surface area contributed by atoms with E-state index in [4.69, 9.17) is 5.73 Å². The van der Waals surface area contributed by atoms with Gasteiger partial charge in [-0.3, -0.25) is 14.5 Å². The first-order chi connectivity index (χ1) is 9.19. The van der Waals surface area contributed by atoms with Gasteiger partial charge in [-0.25, -0.2) is 4.98 Å². The van der Waals surface area contributed by atoms with E-state index in [0.717, 1.165) is 22.3 Å². The van der Waals surface area contributed by atoms with Crippen molar-refractivity contribution in [2.45, 2.75) is 13.8 Å². The molecule has 0 aliphatic rings. The third-order valence-corrected chi connectivity index (χ3v) is 2.85. The van der Waals surface area contributed by atoms with Crippen LogP contribution < -0.4 is 11.2 Å². The third kappa shape index (κ3) is 2.40. The van der Waals surface area contributed by atoms with Gasteiger partial charge in [-0.05, 0) is 19.9 Å². The molecule has 0 atom stereocenters. The zero-order valence-electron chi connectivity index (χ0n) is 11.3. The van der Waals surface area contributed by atoms with Gasteiger partial charge in [-0.15, -0.1) is 0 Å². The molecule has 0 aliphatic carbocycles. The number of allylic oxidation sites excluding steroid dienone is 1. The molecule has 5 heteroatoms. The van der Waals surface area contributed by atoms with Crippen LogP contribution in [-0.2, 0) is 0 Å². The summed E-state index contributed by atoms with van der Waals surface area (Å²) in [4.78, 5) is 12.9. The Bertz CT molecular complexity index is 682. The van der Waals surface area contributed by atoms with E-state index in [1.165, 1.54) is 0 Å². The van der Waals surface area contributed by atoms with Gasteiger partial charge in [-0.1, -0.05) is 12.1 Å². The highest BCUT2D eigenvalue weighted by molar-refractivity contribution is 5.64. The smallest absolute Gasteiger partial charge is 0.205 e. The van der Waals surface area contributed by atoms with Crippen molar-refractivity contribution in [2.75, 3.05) is 12.8 Å². The predicted molar refractivity (Wildman–Crippen MR) is 77.1 cm³/mol. The highest BCUT2D eigenvalue weighted by Crippen LogP contribution is 2.17. The Balaban J connectivity index is 2.80. The fraction of sp³-hybridized carbons (Fsp3) is 0.214. The number of nitrogens with two attached hydrogens (primary N) is 1. The maximum atomic E-state index is 5.89. The highest BCUT2D eigenvalue weighted by atomic mass is 15.1. The molecule has 0 bridgehead atoms. The van der Waals surface area contributed by atoms with E-state index in [1.54, 1.807) is 24.0 Å². The van der Waals surface area contributed by atoms with Gasteiger partial charge in [0.1, 0.15) is 5.49 Å². The van der Waals surface area contributed by atoms with Crippen LogP contribution in [0.3, 0.4) is 0 Å². The van der Waals surface area contributed by atoms with Crippen LogP contribution in [-0.4, -0.2) is 21.6 Å². The van der Waals surface area contributed by atoms with Gasteiger partial charge in [0.05, 0.1) is 0 Å². The molecule has 5 nitrogen and oxygen atoms in total. The van der Waals surface area contributed by atoms with Crippen molar-refractivity contribution in [3.05, 3.63) is 41.8 Å². The number of rotatable bonds is 2. The molecule has 98 valence electrons. The molecule has 19 heavy (non-hydrogen) atoms. The Hall–Kier alpha value is -2.43. The molecule has 2 aromatic heterocycles. The zero-order chi connectivity index (χ0) is 13.8. The van der Waals surface area contributed by atoms with Crippen LogP contribution in [0.25, 0.3) is 17.3 Å². The van der Waals surface area contributed by atoms with Gasteiger partial charge in [0.2, 0.25) is 5.95 Å². The summed E-state index contributed by atoms with van der Waals surface area (Å²) in [5.74, 6) is 0.406. The van der Waals surface area contributed by atoms with Crippen molar-refractivity contribution >= 4 is 12.1 Å². The maximum Gasteiger partial charge on any atom is 0.205 e. The summed E-state index contributed by atoms with van der Waals surface area (Å²) in [5.41, 5.74) is 9.52. The summed E-state index contributed by atoms with van der Waals surface area (Å²) >= 11 is 0. The Kier molecular flexibility index (Phi) is 3.75. The van der Waals surface area contributed by atoms with Gasteiger partial charge in [0.15, 0.2) is 0 Å². The standard InChI is InChI=1S/C14H17N5/c1-4-8-19-13(16-3)12(9-18-14(19)15)11-6-5-7-17-10(11)2/h4-9H,1-3H3,(H2,15,18)/b8-4-,16-13?. The Morgan fingerprint density at radius 2 is 2.11 bits per heavy atom. The van der Waals surface area contributed by atoms with E-state index in [-0.39, 0.29) is 0 Å². The SMILES string of the molecule is C/C=C\n1c(N)ncc(-c2cccnc2C)c1=NC. The summed E-state index contributed by atoms with van der Waals surface area (Å²) in [7, 11) is 1.74. The molecule has 0 saturated heterocycles. The fourth-order valence-corrected chi connectivity index (χ4v) is 1.97. The summed E-state index contributed by atoms with van der Waals surface area (Å²) < 4.78 is 1.77. The minimum absolute atomic E-state index is 0.406. The van der Waals surface area contributed by atoms with Crippen LogP contribution in [0, 0.1) is 6.92 Å². The summed E-state index contributed by atoms with van der Waals surface area (Å²) in [5, 5.41) is 0. The highest BCUT2D eigenvalue weighted by Gasteiger charge is 2.09.